The van der Waals surface area contributed by atoms with E-state index in [1.807, 2.05) is 0 Å². The number of rotatable bonds is 7. The average Bonchev–Trinajstić information content (AvgIpc) is 3.00. The Bertz CT molecular complexity index is 1040. The largest absolute Gasteiger partial charge is 0.490 e. The molecule has 3 N–H and O–H groups in total. The Hall–Kier alpha value is -3.04. The Morgan fingerprint density at radius 2 is 2.03 bits per heavy atom. The van der Waals surface area contributed by atoms with Crippen LogP contribution in [-0.4, -0.2) is 30.2 Å². The van der Waals surface area contributed by atoms with Crippen LogP contribution in [0.25, 0.3) is 6.08 Å². The van der Waals surface area contributed by atoms with Gasteiger partial charge in [-0.15, -0.1) is 0 Å². The zero-order valence-electron chi connectivity index (χ0n) is 15.8. The third-order valence-electron chi connectivity index (χ3n) is 3.74. The molecule has 0 spiro atoms. The number of halogens is 2. The summed E-state index contributed by atoms with van der Waals surface area (Å²) in [5.41, 5.74) is 6.58. The van der Waals surface area contributed by atoms with Gasteiger partial charge in [0.05, 0.1) is 16.5 Å². The van der Waals surface area contributed by atoms with Gasteiger partial charge in [0.15, 0.2) is 23.3 Å². The summed E-state index contributed by atoms with van der Waals surface area (Å²) in [6, 6.07) is 8.56. The van der Waals surface area contributed by atoms with Gasteiger partial charge in [0.2, 0.25) is 0 Å². The first-order valence-corrected chi connectivity index (χ1v) is 9.97. The van der Waals surface area contributed by atoms with Gasteiger partial charge in [-0.05, 0) is 66.7 Å². The summed E-state index contributed by atoms with van der Waals surface area (Å²) in [6.45, 7) is 1.78. The molecule has 1 aliphatic rings. The lowest BCUT2D eigenvalue weighted by atomic mass is 10.2. The van der Waals surface area contributed by atoms with E-state index in [2.05, 4.69) is 10.3 Å². The zero-order chi connectivity index (χ0) is 21.7. The van der Waals surface area contributed by atoms with Gasteiger partial charge in [0.1, 0.15) is 5.82 Å². The van der Waals surface area contributed by atoms with Crippen LogP contribution in [0.5, 0.6) is 11.5 Å². The van der Waals surface area contributed by atoms with E-state index in [4.69, 9.17) is 26.8 Å². The van der Waals surface area contributed by atoms with Crippen molar-refractivity contribution in [1.29, 1.82) is 0 Å². The van der Waals surface area contributed by atoms with Crippen LogP contribution in [0.15, 0.2) is 46.3 Å². The number of anilines is 1. The molecule has 0 saturated carbocycles. The molecule has 156 valence electrons. The summed E-state index contributed by atoms with van der Waals surface area (Å²) < 4.78 is 24.1. The molecule has 1 heterocycles. The smallest absolute Gasteiger partial charge is 0.286 e. The highest BCUT2D eigenvalue weighted by Crippen LogP contribution is 2.38. The van der Waals surface area contributed by atoms with Crippen LogP contribution in [0.4, 0.5) is 10.1 Å². The third-order valence-corrected chi connectivity index (χ3v) is 4.84. The number of nitrogens with two attached hydrogens (primary N) is 1. The van der Waals surface area contributed by atoms with Crippen molar-refractivity contribution in [2.75, 3.05) is 18.5 Å². The van der Waals surface area contributed by atoms with Crippen LogP contribution in [0.2, 0.25) is 5.02 Å². The fraction of sp³-hybridized carbons (Fsp3) is 0.150. The Balaban J connectivity index is 1.74. The normalized spacial score (nSPS) is 14.6. The summed E-state index contributed by atoms with van der Waals surface area (Å²) in [4.78, 5) is 27.9. The number of thioether (sulfide) groups is 1. The van der Waals surface area contributed by atoms with Crippen LogP contribution >= 0.6 is 23.4 Å². The monoisotopic (exact) mass is 449 g/mol. The maximum Gasteiger partial charge on any atom is 0.286 e. The fourth-order valence-corrected chi connectivity index (χ4v) is 3.47. The number of amides is 2. The van der Waals surface area contributed by atoms with Crippen molar-refractivity contribution in [3.63, 3.8) is 0 Å². The summed E-state index contributed by atoms with van der Waals surface area (Å²) in [7, 11) is 0. The molecule has 30 heavy (non-hydrogen) atoms. The molecule has 2 amide bonds. The highest BCUT2D eigenvalue weighted by molar-refractivity contribution is 8.18. The first-order valence-electron chi connectivity index (χ1n) is 8.78. The lowest BCUT2D eigenvalue weighted by Gasteiger charge is -2.14. The third kappa shape index (κ3) is 5.52. The van der Waals surface area contributed by atoms with Gasteiger partial charge in [-0.25, -0.2) is 4.39 Å². The number of ether oxygens (including phenoxy) is 2. The number of amidine groups is 1. The molecule has 10 heteroatoms. The predicted octanol–water partition coefficient (Wildman–Crippen LogP) is 3.82. The van der Waals surface area contributed by atoms with Crippen molar-refractivity contribution >= 4 is 52.1 Å². The molecule has 0 fully saturated rings. The number of hydrogen-bond donors (Lipinski definition) is 2. The second kappa shape index (κ2) is 9.64. The number of nitrogens with zero attached hydrogens (tertiary/aromatic N) is 1. The van der Waals surface area contributed by atoms with Crippen molar-refractivity contribution in [1.82, 2.24) is 0 Å². The topological polar surface area (TPSA) is 103 Å². The number of carbonyl (C=O) groups is 2. The van der Waals surface area contributed by atoms with Crippen LogP contribution in [0, 0.1) is 5.82 Å². The Kier molecular flexibility index (Phi) is 6.96. The van der Waals surface area contributed by atoms with Gasteiger partial charge in [-0.3, -0.25) is 9.59 Å². The molecule has 0 aromatic heterocycles. The van der Waals surface area contributed by atoms with E-state index in [0.29, 0.717) is 28.5 Å². The predicted molar refractivity (Wildman–Crippen MR) is 115 cm³/mol. The van der Waals surface area contributed by atoms with Crippen LogP contribution in [-0.2, 0) is 9.59 Å². The summed E-state index contributed by atoms with van der Waals surface area (Å²) in [5, 5.41) is 2.97. The standard InChI is InChI=1S/C20H17ClFN3O4S/c1-2-28-15-8-11(9-16-19(27)25-20(23)30-16)7-14(21)18(15)29-10-17(26)24-13-5-3-12(22)4-6-13/h3-9H,2,10H2,1H3,(H,24,26)(H2,23,25,27). The highest BCUT2D eigenvalue weighted by Gasteiger charge is 2.20. The zero-order valence-corrected chi connectivity index (χ0v) is 17.3. The minimum atomic E-state index is -0.452. The van der Waals surface area contributed by atoms with E-state index in [1.165, 1.54) is 24.3 Å². The van der Waals surface area contributed by atoms with Gasteiger partial charge in [-0.2, -0.15) is 4.99 Å². The molecule has 0 aliphatic carbocycles. The minimum Gasteiger partial charge on any atom is -0.490 e. The average molecular weight is 450 g/mol. The van der Waals surface area contributed by atoms with E-state index in [9.17, 15) is 14.0 Å². The molecule has 0 saturated heterocycles. The molecule has 2 aromatic carbocycles. The first-order chi connectivity index (χ1) is 14.4. The molecule has 1 aliphatic heterocycles. The minimum absolute atomic E-state index is 0.175. The van der Waals surface area contributed by atoms with Crippen LogP contribution in [0.1, 0.15) is 12.5 Å². The highest BCUT2D eigenvalue weighted by atomic mass is 35.5. The molecule has 3 rings (SSSR count). The molecule has 0 radical (unpaired) electrons. The van der Waals surface area contributed by atoms with Gasteiger partial charge < -0.3 is 20.5 Å². The quantitative estimate of drug-likeness (QED) is 0.623. The molecule has 2 aromatic rings. The van der Waals surface area contributed by atoms with E-state index in [1.54, 1.807) is 25.1 Å². The second-order valence-electron chi connectivity index (χ2n) is 5.97. The van der Waals surface area contributed by atoms with E-state index >= 15 is 0 Å². The van der Waals surface area contributed by atoms with Crippen molar-refractivity contribution in [3.8, 4) is 11.5 Å². The molecular weight excluding hydrogens is 433 g/mol. The molecule has 0 atom stereocenters. The van der Waals surface area contributed by atoms with Crippen molar-refractivity contribution < 1.29 is 23.5 Å². The lowest BCUT2D eigenvalue weighted by molar-refractivity contribution is -0.118. The molecule has 0 unspecified atom stereocenters. The maximum atomic E-state index is 13.0. The van der Waals surface area contributed by atoms with E-state index in [-0.39, 0.29) is 22.5 Å². The van der Waals surface area contributed by atoms with Crippen molar-refractivity contribution in [3.05, 3.63) is 57.7 Å². The first kappa shape index (κ1) is 21.7. The SMILES string of the molecule is CCOc1cc(C=C2SC(N)=NC2=O)cc(Cl)c1OCC(=O)Nc1ccc(F)cc1. The summed E-state index contributed by atoms with van der Waals surface area (Å²) in [6.07, 6.45) is 1.59. The number of carbonyl (C=O) groups excluding carboxylic acids is 2. The van der Waals surface area contributed by atoms with E-state index in [0.717, 1.165) is 11.8 Å². The van der Waals surface area contributed by atoms with Gasteiger partial charge in [0.25, 0.3) is 11.8 Å². The number of nitrogens with one attached hydrogen (secondary N) is 1. The van der Waals surface area contributed by atoms with Crippen molar-refractivity contribution in [2.45, 2.75) is 6.92 Å². The van der Waals surface area contributed by atoms with Gasteiger partial charge >= 0.3 is 0 Å². The number of aliphatic imine (C=N–C) groups is 1. The van der Waals surface area contributed by atoms with Crippen LogP contribution < -0.4 is 20.5 Å². The van der Waals surface area contributed by atoms with Crippen molar-refractivity contribution in [2.24, 2.45) is 10.7 Å². The second-order valence-corrected chi connectivity index (χ2v) is 7.44. The summed E-state index contributed by atoms with van der Waals surface area (Å²) >= 11 is 7.39. The van der Waals surface area contributed by atoms with Gasteiger partial charge in [0, 0.05) is 5.69 Å². The van der Waals surface area contributed by atoms with Crippen LogP contribution in [0.3, 0.4) is 0 Å². The number of benzene rings is 2. The lowest BCUT2D eigenvalue weighted by Crippen LogP contribution is -2.20. The van der Waals surface area contributed by atoms with E-state index < -0.39 is 17.6 Å². The fourth-order valence-electron chi connectivity index (χ4n) is 2.52. The summed E-state index contributed by atoms with van der Waals surface area (Å²) in [5.74, 6) is -0.775. The number of hydrogen-bond acceptors (Lipinski definition) is 6. The molecular formula is C20H17ClFN3O4S. The van der Waals surface area contributed by atoms with Gasteiger partial charge in [-0.1, -0.05) is 11.6 Å². The molecule has 7 nitrogen and oxygen atoms in total. The Morgan fingerprint density at radius 1 is 1.30 bits per heavy atom. The Morgan fingerprint density at radius 3 is 2.67 bits per heavy atom. The molecule has 0 bridgehead atoms. The Labute approximate surface area is 181 Å². The maximum absolute atomic E-state index is 13.0.